The van der Waals surface area contributed by atoms with Gasteiger partial charge in [0.1, 0.15) is 5.75 Å². The number of anilines is 2. The second kappa shape index (κ2) is 10.4. The molecule has 2 aromatic carbocycles. The number of nitrogens with two attached hydrogens (primary N) is 1. The first kappa shape index (κ1) is 23.8. The Kier molecular flexibility index (Phi) is 6.84. The average molecular weight is 488 g/mol. The molecular formula is C28H33N5O3. The molecule has 5 rings (SSSR count). The van der Waals surface area contributed by atoms with Gasteiger partial charge in [-0.2, -0.15) is 5.10 Å². The van der Waals surface area contributed by atoms with Crippen LogP contribution in [0.4, 0.5) is 16.2 Å². The van der Waals surface area contributed by atoms with Gasteiger partial charge in [0.05, 0.1) is 29.6 Å². The molecule has 0 spiro atoms. The van der Waals surface area contributed by atoms with Gasteiger partial charge in [-0.15, -0.1) is 0 Å². The lowest BCUT2D eigenvalue weighted by Gasteiger charge is -2.13. The smallest absolute Gasteiger partial charge is 0.411 e. The minimum absolute atomic E-state index is 0.174. The minimum atomic E-state index is -0.461. The van der Waals surface area contributed by atoms with Crippen LogP contribution in [0.15, 0.2) is 60.9 Å². The molecule has 0 aliphatic heterocycles. The van der Waals surface area contributed by atoms with Crippen molar-refractivity contribution < 1.29 is 14.3 Å². The molecule has 2 heterocycles. The molecule has 8 nitrogen and oxygen atoms in total. The van der Waals surface area contributed by atoms with E-state index in [0.717, 1.165) is 53.1 Å². The summed E-state index contributed by atoms with van der Waals surface area (Å²) in [4.78, 5) is 11.9. The third-order valence-corrected chi connectivity index (χ3v) is 6.32. The summed E-state index contributed by atoms with van der Waals surface area (Å²) in [5.41, 5.74) is 11.2. The molecule has 1 saturated carbocycles. The van der Waals surface area contributed by atoms with E-state index in [2.05, 4.69) is 27.1 Å². The highest BCUT2D eigenvalue weighted by molar-refractivity contribution is 6.01. The quantitative estimate of drug-likeness (QED) is 0.271. The van der Waals surface area contributed by atoms with Gasteiger partial charge in [0, 0.05) is 54.6 Å². The summed E-state index contributed by atoms with van der Waals surface area (Å²) in [5.74, 6) is 1.51. The van der Waals surface area contributed by atoms with Gasteiger partial charge in [0.2, 0.25) is 0 Å². The van der Waals surface area contributed by atoms with Gasteiger partial charge in [-0.3, -0.25) is 10.00 Å². The molecule has 4 aromatic rings. The van der Waals surface area contributed by atoms with Crippen LogP contribution in [0.25, 0.3) is 22.2 Å². The molecule has 188 valence electrons. The summed E-state index contributed by atoms with van der Waals surface area (Å²) in [6.45, 7) is 6.01. The van der Waals surface area contributed by atoms with Gasteiger partial charge in [0.25, 0.3) is 0 Å². The van der Waals surface area contributed by atoms with Gasteiger partial charge in [-0.05, 0) is 62.9 Å². The molecule has 3 N–H and O–H groups in total. The van der Waals surface area contributed by atoms with E-state index in [4.69, 9.17) is 15.2 Å². The Morgan fingerprint density at radius 1 is 1.19 bits per heavy atom. The van der Waals surface area contributed by atoms with Crippen LogP contribution >= 0.6 is 0 Å². The fourth-order valence-electron chi connectivity index (χ4n) is 4.43. The molecular weight excluding hydrogens is 454 g/mol. The number of rotatable bonds is 10. The third-order valence-electron chi connectivity index (χ3n) is 6.32. The summed E-state index contributed by atoms with van der Waals surface area (Å²) in [5, 5.41) is 8.03. The highest BCUT2D eigenvalue weighted by atomic mass is 16.6. The summed E-state index contributed by atoms with van der Waals surface area (Å²) in [6.07, 6.45) is 6.47. The Morgan fingerprint density at radius 3 is 2.69 bits per heavy atom. The molecule has 0 radical (unpaired) electrons. The number of ether oxygens (including phenoxy) is 2. The van der Waals surface area contributed by atoms with Crippen LogP contribution in [-0.4, -0.2) is 33.2 Å². The Balaban J connectivity index is 1.37. The summed E-state index contributed by atoms with van der Waals surface area (Å²) < 4.78 is 15.5. The van der Waals surface area contributed by atoms with Crippen molar-refractivity contribution in [3.63, 3.8) is 0 Å². The number of aryl methyl sites for hydroxylation is 1. The van der Waals surface area contributed by atoms with Crippen molar-refractivity contribution in [2.24, 2.45) is 5.92 Å². The molecule has 36 heavy (non-hydrogen) atoms. The van der Waals surface area contributed by atoms with Gasteiger partial charge in [-0.1, -0.05) is 12.1 Å². The van der Waals surface area contributed by atoms with Crippen LogP contribution in [0.2, 0.25) is 0 Å². The van der Waals surface area contributed by atoms with E-state index in [-0.39, 0.29) is 6.10 Å². The van der Waals surface area contributed by atoms with E-state index >= 15 is 0 Å². The number of nitrogen functional groups attached to an aromatic ring is 1. The van der Waals surface area contributed by atoms with Crippen molar-refractivity contribution in [3.8, 4) is 17.0 Å². The monoisotopic (exact) mass is 487 g/mol. The zero-order valence-electron chi connectivity index (χ0n) is 20.8. The van der Waals surface area contributed by atoms with Crippen molar-refractivity contribution in [2.75, 3.05) is 17.7 Å². The number of carbonyl (C=O) groups excluding carboxylic acids is 1. The minimum Gasteiger partial charge on any atom is -0.493 e. The Morgan fingerprint density at radius 2 is 2.00 bits per heavy atom. The summed E-state index contributed by atoms with van der Waals surface area (Å²) in [7, 11) is 0. The van der Waals surface area contributed by atoms with Crippen LogP contribution in [0.1, 0.15) is 33.1 Å². The van der Waals surface area contributed by atoms with Crippen molar-refractivity contribution in [1.29, 1.82) is 0 Å². The van der Waals surface area contributed by atoms with E-state index in [1.807, 2.05) is 61.1 Å². The SMILES string of the molecule is CC(C)OC(=O)Nc1ccc(-c2c(N)c3ccc(OCCCn4cccn4)cc3n2CC2CC2)cc1. The highest BCUT2D eigenvalue weighted by Gasteiger charge is 2.26. The van der Waals surface area contributed by atoms with E-state index in [9.17, 15) is 4.79 Å². The third kappa shape index (κ3) is 5.48. The second-order valence-electron chi connectivity index (χ2n) is 9.62. The highest BCUT2D eigenvalue weighted by Crippen LogP contribution is 2.41. The first-order valence-corrected chi connectivity index (χ1v) is 12.6. The molecule has 2 aromatic heterocycles. The summed E-state index contributed by atoms with van der Waals surface area (Å²) in [6, 6.07) is 15.8. The fourth-order valence-corrected chi connectivity index (χ4v) is 4.43. The molecule has 1 aliphatic carbocycles. The number of aromatic nitrogens is 3. The fraction of sp³-hybridized carbons (Fsp3) is 0.357. The molecule has 0 atom stereocenters. The van der Waals surface area contributed by atoms with Gasteiger partial charge in [0.15, 0.2) is 0 Å². The number of amides is 1. The molecule has 1 amide bonds. The largest absolute Gasteiger partial charge is 0.493 e. The topological polar surface area (TPSA) is 96.3 Å². The van der Waals surface area contributed by atoms with E-state index < -0.39 is 6.09 Å². The first-order valence-electron chi connectivity index (χ1n) is 12.6. The summed E-state index contributed by atoms with van der Waals surface area (Å²) >= 11 is 0. The lowest BCUT2D eigenvalue weighted by Crippen LogP contribution is -2.17. The molecule has 0 unspecified atom stereocenters. The number of hydrogen-bond acceptors (Lipinski definition) is 5. The predicted molar refractivity (Wildman–Crippen MR) is 142 cm³/mol. The number of hydrogen-bond donors (Lipinski definition) is 2. The van der Waals surface area contributed by atoms with Crippen LogP contribution in [0.3, 0.4) is 0 Å². The molecule has 0 saturated heterocycles. The van der Waals surface area contributed by atoms with Crippen LogP contribution in [-0.2, 0) is 17.8 Å². The van der Waals surface area contributed by atoms with E-state index in [1.54, 1.807) is 6.20 Å². The molecule has 0 bridgehead atoms. The van der Waals surface area contributed by atoms with Crippen LogP contribution < -0.4 is 15.8 Å². The maximum absolute atomic E-state index is 11.9. The second-order valence-corrected chi connectivity index (χ2v) is 9.62. The lowest BCUT2D eigenvalue weighted by atomic mass is 10.1. The average Bonchev–Trinajstić information content (AvgIpc) is 3.44. The van der Waals surface area contributed by atoms with Crippen molar-refractivity contribution in [1.82, 2.24) is 14.3 Å². The van der Waals surface area contributed by atoms with Crippen molar-refractivity contribution >= 4 is 28.4 Å². The number of benzene rings is 2. The number of carbonyl (C=O) groups is 1. The van der Waals surface area contributed by atoms with Crippen LogP contribution in [0, 0.1) is 5.92 Å². The van der Waals surface area contributed by atoms with Gasteiger partial charge >= 0.3 is 6.09 Å². The number of nitrogens with one attached hydrogen (secondary N) is 1. The lowest BCUT2D eigenvalue weighted by molar-refractivity contribution is 0.130. The number of fused-ring (bicyclic) bond motifs is 1. The van der Waals surface area contributed by atoms with Gasteiger partial charge < -0.3 is 19.8 Å². The standard InChI is InChI=1S/C28H33N5O3/c1-19(2)36-28(34)31-22-9-7-21(8-10-22)27-26(29)24-12-11-23(17-25(24)33(27)18-20-5-6-20)35-16-4-15-32-14-3-13-30-32/h3,7-14,17,19-20H,4-6,15-16,18,29H2,1-2H3,(H,31,34). The normalized spacial score (nSPS) is 13.3. The Labute approximate surface area is 211 Å². The molecule has 1 fully saturated rings. The van der Waals surface area contributed by atoms with Crippen LogP contribution in [0.5, 0.6) is 5.75 Å². The Bertz CT molecular complexity index is 1320. The van der Waals surface area contributed by atoms with E-state index in [0.29, 0.717) is 18.2 Å². The van der Waals surface area contributed by atoms with E-state index in [1.165, 1.54) is 12.8 Å². The molecule has 8 heteroatoms. The van der Waals surface area contributed by atoms with Crippen molar-refractivity contribution in [2.45, 2.75) is 52.3 Å². The van der Waals surface area contributed by atoms with Crippen molar-refractivity contribution in [3.05, 3.63) is 60.9 Å². The zero-order chi connectivity index (χ0) is 25.1. The van der Waals surface area contributed by atoms with Gasteiger partial charge in [-0.25, -0.2) is 4.79 Å². The predicted octanol–water partition coefficient (Wildman–Crippen LogP) is 5.92. The Hall–Kier alpha value is -3.94. The maximum atomic E-state index is 11.9. The first-order chi connectivity index (χ1) is 17.5. The number of nitrogens with zero attached hydrogens (tertiary/aromatic N) is 3. The zero-order valence-corrected chi connectivity index (χ0v) is 20.8. The maximum Gasteiger partial charge on any atom is 0.411 e. The molecule has 1 aliphatic rings.